The lowest BCUT2D eigenvalue weighted by Gasteiger charge is -2.30. The van der Waals surface area contributed by atoms with Crippen molar-refractivity contribution in [2.24, 2.45) is 0 Å². The van der Waals surface area contributed by atoms with E-state index in [9.17, 15) is 18.0 Å². The summed E-state index contributed by atoms with van der Waals surface area (Å²) in [5.41, 5.74) is 2.48. The second-order valence-corrected chi connectivity index (χ2v) is 10.8. The molecule has 2 aromatic carbocycles. The van der Waals surface area contributed by atoms with Gasteiger partial charge in [-0.3, -0.25) is 13.9 Å². The van der Waals surface area contributed by atoms with E-state index >= 15 is 0 Å². The summed E-state index contributed by atoms with van der Waals surface area (Å²) in [6.07, 6.45) is 3.38. The number of hydrogen-bond donors (Lipinski definition) is 1. The standard InChI is InChI=1S/C27H39N3O5S/c1-6-7-17-28-27(32)22(3)29(20-23-13-9-8-12-21(23)2)26(31)16-11-18-30(36(5,33)34)24-14-10-15-25(19-24)35-4/h8-10,12-15,19,22H,6-7,11,16-18,20H2,1-5H3,(H,28,32)/t22-/m0/s1. The number of amides is 2. The van der Waals surface area contributed by atoms with Crippen molar-refractivity contribution in [2.45, 2.75) is 59.0 Å². The summed E-state index contributed by atoms with van der Waals surface area (Å²) >= 11 is 0. The van der Waals surface area contributed by atoms with Crippen molar-refractivity contribution in [1.82, 2.24) is 10.2 Å². The SMILES string of the molecule is CCCCNC(=O)[C@H](C)N(Cc1ccccc1C)C(=O)CCCN(c1cccc(OC)c1)S(C)(=O)=O. The fourth-order valence-electron chi connectivity index (χ4n) is 3.86. The van der Waals surface area contributed by atoms with Crippen LogP contribution in [-0.2, 0) is 26.2 Å². The summed E-state index contributed by atoms with van der Waals surface area (Å²) in [7, 11) is -2.05. The number of methoxy groups -OCH3 is 1. The van der Waals surface area contributed by atoms with Crippen molar-refractivity contribution in [3.63, 3.8) is 0 Å². The van der Waals surface area contributed by atoms with Crippen LogP contribution in [0.1, 0.15) is 50.7 Å². The molecule has 36 heavy (non-hydrogen) atoms. The molecule has 0 saturated heterocycles. The quantitative estimate of drug-likeness (QED) is 0.384. The van der Waals surface area contributed by atoms with Gasteiger partial charge in [0.05, 0.1) is 19.1 Å². The number of aryl methyl sites for hydroxylation is 1. The molecule has 0 spiro atoms. The van der Waals surface area contributed by atoms with Crippen molar-refractivity contribution in [2.75, 3.05) is 30.8 Å². The molecule has 2 aromatic rings. The fraction of sp³-hybridized carbons (Fsp3) is 0.481. The zero-order valence-electron chi connectivity index (χ0n) is 22.0. The third-order valence-electron chi connectivity index (χ3n) is 6.09. The number of ether oxygens (including phenoxy) is 1. The number of rotatable bonds is 14. The highest BCUT2D eigenvalue weighted by atomic mass is 32.2. The van der Waals surface area contributed by atoms with Crippen molar-refractivity contribution in [3.05, 3.63) is 59.7 Å². The maximum absolute atomic E-state index is 13.4. The third-order valence-corrected chi connectivity index (χ3v) is 7.29. The largest absolute Gasteiger partial charge is 0.497 e. The predicted octanol–water partition coefficient (Wildman–Crippen LogP) is 3.88. The van der Waals surface area contributed by atoms with Crippen molar-refractivity contribution < 1.29 is 22.7 Å². The molecule has 2 rings (SSSR count). The summed E-state index contributed by atoms with van der Waals surface area (Å²) in [6, 6.07) is 13.9. The van der Waals surface area contributed by atoms with Gasteiger partial charge in [0.15, 0.2) is 0 Å². The smallest absolute Gasteiger partial charge is 0.242 e. The van der Waals surface area contributed by atoms with Crippen LogP contribution in [0, 0.1) is 6.92 Å². The number of anilines is 1. The van der Waals surface area contributed by atoms with Gasteiger partial charge in [-0.15, -0.1) is 0 Å². The van der Waals surface area contributed by atoms with Gasteiger partial charge in [0.25, 0.3) is 0 Å². The van der Waals surface area contributed by atoms with Crippen LogP contribution in [0.3, 0.4) is 0 Å². The molecular formula is C27H39N3O5S. The number of hydrogen-bond acceptors (Lipinski definition) is 5. The number of carbonyl (C=O) groups is 2. The number of sulfonamides is 1. The normalized spacial score (nSPS) is 12.0. The second-order valence-electron chi connectivity index (χ2n) is 8.91. The summed E-state index contributed by atoms with van der Waals surface area (Å²) in [6.45, 7) is 6.76. The van der Waals surface area contributed by atoms with Crippen molar-refractivity contribution in [1.29, 1.82) is 0 Å². The molecule has 0 aliphatic rings. The maximum Gasteiger partial charge on any atom is 0.242 e. The molecule has 0 heterocycles. The molecule has 0 aliphatic heterocycles. The second kappa shape index (κ2) is 13.9. The van der Waals surface area contributed by atoms with Gasteiger partial charge < -0.3 is 15.0 Å². The summed E-state index contributed by atoms with van der Waals surface area (Å²) in [5.74, 6) is 0.152. The van der Waals surface area contributed by atoms with Crippen LogP contribution in [0.25, 0.3) is 0 Å². The van der Waals surface area contributed by atoms with Crippen molar-refractivity contribution >= 4 is 27.5 Å². The first-order valence-electron chi connectivity index (χ1n) is 12.3. The van der Waals surface area contributed by atoms with Crippen LogP contribution in [-0.4, -0.2) is 57.6 Å². The van der Waals surface area contributed by atoms with Gasteiger partial charge in [-0.25, -0.2) is 8.42 Å². The number of unbranched alkanes of at least 4 members (excludes halogenated alkanes) is 1. The Kier molecular flexibility index (Phi) is 11.2. The topological polar surface area (TPSA) is 96.0 Å². The molecule has 1 atom stereocenters. The molecule has 0 aromatic heterocycles. The third kappa shape index (κ3) is 8.55. The lowest BCUT2D eigenvalue weighted by Crippen LogP contribution is -2.48. The summed E-state index contributed by atoms with van der Waals surface area (Å²) < 4.78 is 31.5. The minimum Gasteiger partial charge on any atom is -0.497 e. The predicted molar refractivity (Wildman–Crippen MR) is 144 cm³/mol. The Bertz CT molecular complexity index is 1120. The molecule has 1 N–H and O–H groups in total. The van der Waals surface area contributed by atoms with E-state index in [0.29, 0.717) is 30.9 Å². The first kappa shape index (κ1) is 29.2. The Hall–Kier alpha value is -3.07. The van der Waals surface area contributed by atoms with E-state index in [2.05, 4.69) is 12.2 Å². The van der Waals surface area contributed by atoms with Crippen LogP contribution in [0.15, 0.2) is 48.5 Å². The van der Waals surface area contributed by atoms with Gasteiger partial charge in [0.2, 0.25) is 21.8 Å². The molecule has 8 nitrogen and oxygen atoms in total. The highest BCUT2D eigenvalue weighted by Gasteiger charge is 2.27. The number of nitrogens with zero attached hydrogens (tertiary/aromatic N) is 2. The molecule has 2 amide bonds. The first-order valence-corrected chi connectivity index (χ1v) is 14.2. The molecule has 0 radical (unpaired) electrons. The summed E-state index contributed by atoms with van der Waals surface area (Å²) in [4.78, 5) is 27.7. The van der Waals surface area contributed by atoms with Crippen LogP contribution in [0.5, 0.6) is 5.75 Å². The zero-order chi connectivity index (χ0) is 26.7. The Balaban J connectivity index is 2.17. The lowest BCUT2D eigenvalue weighted by atomic mass is 10.1. The number of benzene rings is 2. The molecule has 0 saturated carbocycles. The Labute approximate surface area is 215 Å². The maximum atomic E-state index is 13.4. The zero-order valence-corrected chi connectivity index (χ0v) is 22.8. The van der Waals surface area contributed by atoms with Gasteiger partial charge in [-0.2, -0.15) is 0 Å². The lowest BCUT2D eigenvalue weighted by molar-refractivity contribution is -0.140. The van der Waals surface area contributed by atoms with Crippen LogP contribution in [0.4, 0.5) is 5.69 Å². The van der Waals surface area contributed by atoms with Crippen molar-refractivity contribution in [3.8, 4) is 5.75 Å². The van der Waals surface area contributed by atoms with Crippen LogP contribution >= 0.6 is 0 Å². The monoisotopic (exact) mass is 517 g/mol. The van der Waals surface area contributed by atoms with Gasteiger partial charge in [0, 0.05) is 32.1 Å². The van der Waals surface area contributed by atoms with E-state index in [0.717, 1.165) is 30.2 Å². The minimum absolute atomic E-state index is 0.106. The van der Waals surface area contributed by atoms with Crippen LogP contribution < -0.4 is 14.4 Å². The van der Waals surface area contributed by atoms with Gasteiger partial charge in [-0.05, 0) is 49.9 Å². The molecule has 9 heteroatoms. The minimum atomic E-state index is -3.57. The van der Waals surface area contributed by atoms with E-state index in [1.54, 1.807) is 36.1 Å². The molecule has 0 bridgehead atoms. The average Bonchev–Trinajstić information content (AvgIpc) is 2.85. The molecule has 0 aliphatic carbocycles. The molecule has 0 fully saturated rings. The summed E-state index contributed by atoms with van der Waals surface area (Å²) in [5, 5.41) is 2.91. The van der Waals surface area contributed by atoms with E-state index < -0.39 is 16.1 Å². The number of carbonyl (C=O) groups excluding carboxylic acids is 2. The molecular weight excluding hydrogens is 478 g/mol. The Morgan fingerprint density at radius 3 is 2.44 bits per heavy atom. The Morgan fingerprint density at radius 1 is 1.08 bits per heavy atom. The highest BCUT2D eigenvalue weighted by Crippen LogP contribution is 2.24. The highest BCUT2D eigenvalue weighted by molar-refractivity contribution is 7.92. The van der Waals surface area contributed by atoms with Gasteiger partial charge in [-0.1, -0.05) is 43.7 Å². The van der Waals surface area contributed by atoms with Gasteiger partial charge >= 0.3 is 0 Å². The van der Waals surface area contributed by atoms with E-state index in [-0.39, 0.29) is 24.8 Å². The van der Waals surface area contributed by atoms with E-state index in [4.69, 9.17) is 4.74 Å². The molecule has 0 unspecified atom stereocenters. The van der Waals surface area contributed by atoms with E-state index in [1.165, 1.54) is 11.4 Å². The fourth-order valence-corrected chi connectivity index (χ4v) is 4.82. The van der Waals surface area contributed by atoms with Crippen LogP contribution in [0.2, 0.25) is 0 Å². The van der Waals surface area contributed by atoms with E-state index in [1.807, 2.05) is 31.2 Å². The first-order chi connectivity index (χ1) is 17.1. The molecule has 198 valence electrons. The van der Waals surface area contributed by atoms with Gasteiger partial charge in [0.1, 0.15) is 11.8 Å². The Morgan fingerprint density at radius 2 is 1.81 bits per heavy atom. The average molecular weight is 518 g/mol. The number of nitrogens with one attached hydrogen (secondary N) is 1.